The molecule has 1 saturated heterocycles. The fourth-order valence-electron chi connectivity index (χ4n) is 2.61. The maximum atomic E-state index is 12.3. The van der Waals surface area contributed by atoms with Crippen LogP contribution in [0.5, 0.6) is 0 Å². The van der Waals surface area contributed by atoms with E-state index in [1.54, 1.807) is 18.2 Å². The van der Waals surface area contributed by atoms with E-state index in [1.165, 1.54) is 4.90 Å². The summed E-state index contributed by atoms with van der Waals surface area (Å²) >= 11 is 0. The number of anilines is 1. The summed E-state index contributed by atoms with van der Waals surface area (Å²) in [4.78, 5) is 36.7. The van der Waals surface area contributed by atoms with Crippen molar-refractivity contribution < 1.29 is 14.4 Å². The third kappa shape index (κ3) is 2.03. The number of nitrogens with one attached hydrogen (secondary N) is 1. The van der Waals surface area contributed by atoms with Gasteiger partial charge in [-0.15, -0.1) is 0 Å². The molecule has 0 aromatic heterocycles. The first-order valence-corrected chi connectivity index (χ1v) is 6.10. The fraction of sp³-hybridized carbons (Fsp3) is 0.357. The van der Waals surface area contributed by atoms with Gasteiger partial charge in [0.1, 0.15) is 6.04 Å². The molecule has 2 aliphatic heterocycles. The molecule has 2 aliphatic rings. The van der Waals surface area contributed by atoms with Crippen LogP contribution >= 0.6 is 0 Å². The second-order valence-corrected chi connectivity index (χ2v) is 4.77. The molecular formula is C14H17N3O3. The maximum Gasteiger partial charge on any atom is 0.255 e. The predicted molar refractivity (Wildman–Crippen MR) is 73.6 cm³/mol. The van der Waals surface area contributed by atoms with Gasteiger partial charge in [0.2, 0.25) is 11.8 Å². The van der Waals surface area contributed by atoms with Crippen molar-refractivity contribution in [3.05, 3.63) is 29.3 Å². The highest BCUT2D eigenvalue weighted by atomic mass is 16.2. The van der Waals surface area contributed by atoms with E-state index in [0.717, 1.165) is 5.56 Å². The molecule has 0 aliphatic carbocycles. The molecular weight excluding hydrogens is 258 g/mol. The van der Waals surface area contributed by atoms with Crippen LogP contribution in [0.25, 0.3) is 0 Å². The lowest BCUT2D eigenvalue weighted by Gasteiger charge is -2.29. The normalized spacial score (nSPS) is 21.3. The van der Waals surface area contributed by atoms with Crippen molar-refractivity contribution in [2.45, 2.75) is 32.9 Å². The van der Waals surface area contributed by atoms with Gasteiger partial charge in [0, 0.05) is 29.8 Å². The van der Waals surface area contributed by atoms with Gasteiger partial charge in [0.15, 0.2) is 0 Å². The Hall–Kier alpha value is -2.37. The predicted octanol–water partition coefficient (Wildman–Crippen LogP) is 0.666. The Morgan fingerprint density at radius 3 is 2.65 bits per heavy atom. The Bertz CT molecular complexity index is 597. The molecule has 0 radical (unpaired) electrons. The Morgan fingerprint density at radius 1 is 1.25 bits per heavy atom. The van der Waals surface area contributed by atoms with Crippen LogP contribution in [0.2, 0.25) is 0 Å². The van der Waals surface area contributed by atoms with E-state index < -0.39 is 11.9 Å². The molecule has 3 rings (SSSR count). The van der Waals surface area contributed by atoms with Crippen LogP contribution in [0.1, 0.15) is 36.2 Å². The number of nitrogen functional groups attached to an aromatic ring is 1. The van der Waals surface area contributed by atoms with Crippen LogP contribution in [0.3, 0.4) is 0 Å². The van der Waals surface area contributed by atoms with E-state index in [1.807, 2.05) is 0 Å². The van der Waals surface area contributed by atoms with E-state index in [-0.39, 0.29) is 25.7 Å². The third-order valence-corrected chi connectivity index (χ3v) is 3.62. The first-order chi connectivity index (χ1) is 9.08. The van der Waals surface area contributed by atoms with Crippen LogP contribution in [-0.2, 0) is 16.1 Å². The summed E-state index contributed by atoms with van der Waals surface area (Å²) in [7, 11) is 0. The fourth-order valence-corrected chi connectivity index (χ4v) is 2.61. The first-order valence-electron chi connectivity index (χ1n) is 6.10. The zero-order valence-electron chi connectivity index (χ0n) is 10.2. The monoisotopic (exact) mass is 275 g/mol. The summed E-state index contributed by atoms with van der Waals surface area (Å²) in [6, 6.07) is 4.58. The Morgan fingerprint density at radius 2 is 2.00 bits per heavy atom. The number of imide groups is 1. The maximum absolute atomic E-state index is 12.3. The molecule has 0 spiro atoms. The van der Waals surface area contributed by atoms with Crippen LogP contribution in [0.15, 0.2) is 18.2 Å². The highest BCUT2D eigenvalue weighted by molar-refractivity contribution is 6.06. The Balaban J connectivity index is 0.00000147. The van der Waals surface area contributed by atoms with Crippen molar-refractivity contribution in [1.29, 1.82) is 0 Å². The van der Waals surface area contributed by atoms with Gasteiger partial charge in [0.25, 0.3) is 5.91 Å². The number of benzene rings is 1. The van der Waals surface area contributed by atoms with Gasteiger partial charge in [-0.3, -0.25) is 19.7 Å². The van der Waals surface area contributed by atoms with Crippen LogP contribution in [0, 0.1) is 0 Å². The quantitative estimate of drug-likeness (QED) is 0.582. The van der Waals surface area contributed by atoms with Crippen LogP contribution in [0.4, 0.5) is 5.69 Å². The largest absolute Gasteiger partial charge is 0.398 e. The number of nitrogens with zero attached hydrogens (tertiary/aromatic N) is 1. The number of fused-ring (bicyclic) bond motifs is 1. The Kier molecular flexibility index (Phi) is 3.48. The van der Waals surface area contributed by atoms with Gasteiger partial charge in [-0.2, -0.15) is 0 Å². The second kappa shape index (κ2) is 4.96. The van der Waals surface area contributed by atoms with E-state index >= 15 is 0 Å². The molecule has 2 heterocycles. The molecule has 1 atom stereocenters. The Labute approximate surface area is 116 Å². The zero-order chi connectivity index (χ0) is 13.6. The molecule has 1 aromatic rings. The average Bonchev–Trinajstić information content (AvgIpc) is 2.69. The van der Waals surface area contributed by atoms with Gasteiger partial charge >= 0.3 is 0 Å². The molecule has 106 valence electrons. The molecule has 0 bridgehead atoms. The molecule has 1 unspecified atom stereocenters. The molecule has 0 saturated carbocycles. The van der Waals surface area contributed by atoms with Crippen molar-refractivity contribution in [2.75, 3.05) is 5.73 Å². The summed E-state index contributed by atoms with van der Waals surface area (Å²) < 4.78 is 0. The summed E-state index contributed by atoms with van der Waals surface area (Å²) in [5.74, 6) is -0.891. The smallest absolute Gasteiger partial charge is 0.255 e. The van der Waals surface area contributed by atoms with Gasteiger partial charge in [0.05, 0.1) is 0 Å². The van der Waals surface area contributed by atoms with E-state index in [9.17, 15) is 14.4 Å². The van der Waals surface area contributed by atoms with Crippen LogP contribution in [-0.4, -0.2) is 28.7 Å². The number of nitrogens with two attached hydrogens (primary N) is 1. The van der Waals surface area contributed by atoms with E-state index in [2.05, 4.69) is 5.32 Å². The minimum atomic E-state index is -0.586. The number of amides is 3. The van der Waals surface area contributed by atoms with Crippen molar-refractivity contribution in [1.82, 2.24) is 10.2 Å². The van der Waals surface area contributed by atoms with Crippen molar-refractivity contribution >= 4 is 23.4 Å². The number of rotatable bonds is 1. The number of carbonyl (C=O) groups is 3. The minimum Gasteiger partial charge on any atom is -0.398 e. The highest BCUT2D eigenvalue weighted by Crippen LogP contribution is 2.30. The summed E-state index contributed by atoms with van der Waals surface area (Å²) in [5, 5.41) is 2.27. The molecule has 1 aromatic carbocycles. The molecule has 6 heteroatoms. The van der Waals surface area contributed by atoms with E-state index in [4.69, 9.17) is 5.73 Å². The highest BCUT2D eigenvalue weighted by Gasteiger charge is 2.39. The molecule has 20 heavy (non-hydrogen) atoms. The van der Waals surface area contributed by atoms with Crippen molar-refractivity contribution in [2.24, 2.45) is 0 Å². The zero-order valence-corrected chi connectivity index (χ0v) is 10.2. The van der Waals surface area contributed by atoms with Gasteiger partial charge < -0.3 is 10.6 Å². The summed E-state index contributed by atoms with van der Waals surface area (Å²) in [5.41, 5.74) is 7.71. The average molecular weight is 275 g/mol. The van der Waals surface area contributed by atoms with Gasteiger partial charge in [-0.25, -0.2) is 0 Å². The molecule has 6 nitrogen and oxygen atoms in total. The number of hydrogen-bond donors (Lipinski definition) is 2. The lowest BCUT2D eigenvalue weighted by Crippen LogP contribution is -2.52. The van der Waals surface area contributed by atoms with Gasteiger partial charge in [-0.05, 0) is 18.6 Å². The van der Waals surface area contributed by atoms with Crippen LogP contribution < -0.4 is 11.1 Å². The molecule has 3 amide bonds. The molecule has 3 N–H and O–H groups in total. The lowest BCUT2D eigenvalue weighted by atomic mass is 10.0. The SMILES string of the molecule is C.Nc1cccc2c1CN(C1CCC(=O)NC1=O)C2=O. The number of piperidine rings is 1. The van der Waals surface area contributed by atoms with Crippen molar-refractivity contribution in [3.63, 3.8) is 0 Å². The second-order valence-electron chi connectivity index (χ2n) is 4.77. The number of carbonyl (C=O) groups excluding carboxylic acids is 3. The first kappa shape index (κ1) is 14.0. The van der Waals surface area contributed by atoms with Gasteiger partial charge in [-0.1, -0.05) is 13.5 Å². The standard InChI is InChI=1S/C13H13N3O3.CH4/c14-9-3-1-2-7-8(9)6-16(13(7)19)10-4-5-11(17)15-12(10)18;/h1-3,10H,4-6,14H2,(H,15,17,18);1H4. The lowest BCUT2D eigenvalue weighted by molar-refractivity contribution is -0.136. The topological polar surface area (TPSA) is 92.5 Å². The molecule has 1 fully saturated rings. The summed E-state index contributed by atoms with van der Waals surface area (Å²) in [6.07, 6.45) is 0.621. The number of hydrogen-bond acceptors (Lipinski definition) is 4. The third-order valence-electron chi connectivity index (χ3n) is 3.62. The van der Waals surface area contributed by atoms with Crippen molar-refractivity contribution in [3.8, 4) is 0 Å². The summed E-state index contributed by atoms with van der Waals surface area (Å²) in [6.45, 7) is 0.327. The van der Waals surface area contributed by atoms with E-state index in [0.29, 0.717) is 24.2 Å². The minimum absolute atomic E-state index is 0.